The Kier molecular flexibility index (Phi) is 6.50. The van der Waals surface area contributed by atoms with E-state index in [0.717, 1.165) is 0 Å². The van der Waals surface area contributed by atoms with E-state index in [9.17, 15) is 14.0 Å². The van der Waals surface area contributed by atoms with Crippen LogP contribution in [0.5, 0.6) is 0 Å². The van der Waals surface area contributed by atoms with Gasteiger partial charge in [-0.3, -0.25) is 9.59 Å². The molecule has 0 radical (unpaired) electrons. The van der Waals surface area contributed by atoms with E-state index in [2.05, 4.69) is 30.9 Å². The molecule has 1 fully saturated rings. The van der Waals surface area contributed by atoms with Gasteiger partial charge in [-0.15, -0.1) is 0 Å². The zero-order valence-corrected chi connectivity index (χ0v) is 19.9. The SMILES string of the molecule is CC1CN(C(=O)Cc2noc(-c3cccc(F)c3)n2)CCN1C(=O)c1ccc(C(C)(C)C)cc1. The first-order valence-corrected chi connectivity index (χ1v) is 11.4. The molecule has 2 heterocycles. The van der Waals surface area contributed by atoms with Crippen LogP contribution in [0, 0.1) is 5.82 Å². The molecule has 1 saturated heterocycles. The van der Waals surface area contributed by atoms with Gasteiger partial charge >= 0.3 is 0 Å². The molecular weight excluding hydrogens is 435 g/mol. The normalized spacial score (nSPS) is 16.6. The maximum atomic E-state index is 13.4. The van der Waals surface area contributed by atoms with Gasteiger partial charge in [0.1, 0.15) is 5.82 Å². The van der Waals surface area contributed by atoms with Crippen molar-refractivity contribution in [3.05, 3.63) is 71.3 Å². The third kappa shape index (κ3) is 5.16. The summed E-state index contributed by atoms with van der Waals surface area (Å²) in [6.45, 7) is 9.67. The summed E-state index contributed by atoms with van der Waals surface area (Å²) in [5.74, 6) is -0.157. The second kappa shape index (κ2) is 9.37. The molecule has 1 aromatic heterocycles. The Hall–Kier alpha value is -3.55. The highest BCUT2D eigenvalue weighted by Crippen LogP contribution is 2.23. The second-order valence-corrected chi connectivity index (χ2v) is 9.72. The maximum Gasteiger partial charge on any atom is 0.258 e. The molecule has 178 valence electrons. The van der Waals surface area contributed by atoms with Crippen LogP contribution in [0.15, 0.2) is 53.1 Å². The first-order valence-electron chi connectivity index (χ1n) is 11.4. The molecule has 0 bridgehead atoms. The molecule has 1 atom stereocenters. The number of benzene rings is 2. The Labute approximate surface area is 198 Å². The highest BCUT2D eigenvalue weighted by Gasteiger charge is 2.31. The number of nitrogens with zero attached hydrogens (tertiary/aromatic N) is 4. The molecule has 8 heteroatoms. The zero-order valence-electron chi connectivity index (χ0n) is 19.9. The number of rotatable bonds is 4. The third-order valence-electron chi connectivity index (χ3n) is 6.09. The summed E-state index contributed by atoms with van der Waals surface area (Å²) in [7, 11) is 0. The quantitative estimate of drug-likeness (QED) is 0.581. The van der Waals surface area contributed by atoms with E-state index >= 15 is 0 Å². The summed E-state index contributed by atoms with van der Waals surface area (Å²) in [6, 6.07) is 13.5. The fraction of sp³-hybridized carbons (Fsp3) is 0.385. The van der Waals surface area contributed by atoms with Crippen LogP contribution in [0.2, 0.25) is 0 Å². The van der Waals surface area contributed by atoms with Crippen molar-refractivity contribution in [3.8, 4) is 11.5 Å². The van der Waals surface area contributed by atoms with Crippen LogP contribution in [0.3, 0.4) is 0 Å². The molecule has 1 aliphatic rings. The first kappa shape index (κ1) is 23.6. The van der Waals surface area contributed by atoms with Crippen molar-refractivity contribution in [3.63, 3.8) is 0 Å². The minimum absolute atomic E-state index is 0.0201. The second-order valence-electron chi connectivity index (χ2n) is 9.72. The van der Waals surface area contributed by atoms with Gasteiger partial charge in [0, 0.05) is 36.8 Å². The largest absolute Gasteiger partial charge is 0.338 e. The van der Waals surface area contributed by atoms with Gasteiger partial charge in [0.15, 0.2) is 5.82 Å². The Balaban J connectivity index is 1.36. The lowest BCUT2D eigenvalue weighted by atomic mass is 9.86. The maximum absolute atomic E-state index is 13.4. The Morgan fingerprint density at radius 2 is 1.85 bits per heavy atom. The molecule has 1 aliphatic heterocycles. The van der Waals surface area contributed by atoms with Gasteiger partial charge in [0.05, 0.1) is 6.42 Å². The number of aromatic nitrogens is 2. The number of amides is 2. The van der Waals surface area contributed by atoms with Crippen molar-refractivity contribution < 1.29 is 18.5 Å². The average molecular weight is 465 g/mol. The van der Waals surface area contributed by atoms with Crippen LogP contribution in [0.25, 0.3) is 11.5 Å². The number of halogens is 1. The first-order chi connectivity index (χ1) is 16.1. The Bertz CT molecular complexity index is 1180. The van der Waals surface area contributed by atoms with Crippen LogP contribution in [-0.4, -0.2) is 57.4 Å². The highest BCUT2D eigenvalue weighted by molar-refractivity contribution is 5.94. The number of carbonyl (C=O) groups is 2. The van der Waals surface area contributed by atoms with Crippen LogP contribution >= 0.6 is 0 Å². The molecule has 7 nitrogen and oxygen atoms in total. The molecule has 0 spiro atoms. The van der Waals surface area contributed by atoms with E-state index in [1.54, 1.807) is 17.0 Å². The van der Waals surface area contributed by atoms with Gasteiger partial charge in [0.25, 0.3) is 11.8 Å². The molecule has 0 aliphatic carbocycles. The summed E-state index contributed by atoms with van der Waals surface area (Å²) >= 11 is 0. The lowest BCUT2D eigenvalue weighted by molar-refractivity contribution is -0.133. The van der Waals surface area contributed by atoms with Crippen molar-refractivity contribution >= 4 is 11.8 Å². The van der Waals surface area contributed by atoms with Gasteiger partial charge in [-0.05, 0) is 48.2 Å². The summed E-state index contributed by atoms with van der Waals surface area (Å²) in [5, 5.41) is 3.86. The summed E-state index contributed by atoms with van der Waals surface area (Å²) < 4.78 is 18.6. The number of hydrogen-bond acceptors (Lipinski definition) is 5. The topological polar surface area (TPSA) is 79.5 Å². The predicted octanol–water partition coefficient (Wildman–Crippen LogP) is 4.09. The summed E-state index contributed by atoms with van der Waals surface area (Å²) in [4.78, 5) is 33.7. The summed E-state index contributed by atoms with van der Waals surface area (Å²) in [6.07, 6.45) is -0.0201. The molecule has 1 unspecified atom stereocenters. The van der Waals surface area contributed by atoms with Gasteiger partial charge in [-0.2, -0.15) is 4.98 Å². The van der Waals surface area contributed by atoms with Crippen molar-refractivity contribution in [2.45, 2.75) is 45.6 Å². The van der Waals surface area contributed by atoms with Crippen molar-refractivity contribution in [2.75, 3.05) is 19.6 Å². The molecule has 4 rings (SSSR count). The van der Waals surface area contributed by atoms with Crippen molar-refractivity contribution in [2.24, 2.45) is 0 Å². The molecule has 0 saturated carbocycles. The Morgan fingerprint density at radius 3 is 2.50 bits per heavy atom. The average Bonchev–Trinajstić information content (AvgIpc) is 3.26. The predicted molar refractivity (Wildman–Crippen MR) is 126 cm³/mol. The minimum Gasteiger partial charge on any atom is -0.338 e. The van der Waals surface area contributed by atoms with Crippen molar-refractivity contribution in [1.29, 1.82) is 0 Å². The fourth-order valence-corrected chi connectivity index (χ4v) is 4.08. The molecule has 2 amide bonds. The highest BCUT2D eigenvalue weighted by atomic mass is 19.1. The van der Waals surface area contributed by atoms with E-state index in [0.29, 0.717) is 30.8 Å². The van der Waals surface area contributed by atoms with Crippen molar-refractivity contribution in [1.82, 2.24) is 19.9 Å². The number of carbonyl (C=O) groups excluding carboxylic acids is 2. The minimum atomic E-state index is -0.403. The van der Waals surface area contributed by atoms with Gasteiger partial charge in [0.2, 0.25) is 5.91 Å². The lowest BCUT2D eigenvalue weighted by Crippen LogP contribution is -2.55. The number of piperazine rings is 1. The zero-order chi connectivity index (χ0) is 24.5. The lowest BCUT2D eigenvalue weighted by Gasteiger charge is -2.40. The molecule has 2 aromatic carbocycles. The standard InChI is InChI=1S/C26H29FN4O3/c1-17-16-30(12-13-31(17)25(33)18-8-10-20(11-9-18)26(2,3)4)23(32)15-22-28-24(34-29-22)19-6-5-7-21(27)14-19/h5-11,14,17H,12-13,15-16H2,1-4H3. The van der Waals surface area contributed by atoms with Crippen LogP contribution < -0.4 is 0 Å². The Morgan fingerprint density at radius 1 is 1.12 bits per heavy atom. The van der Waals surface area contributed by atoms with E-state index in [1.165, 1.54) is 17.7 Å². The van der Waals surface area contributed by atoms with E-state index in [1.807, 2.05) is 36.1 Å². The van der Waals surface area contributed by atoms with Crippen LogP contribution in [-0.2, 0) is 16.6 Å². The number of hydrogen-bond donors (Lipinski definition) is 0. The third-order valence-corrected chi connectivity index (χ3v) is 6.09. The van der Waals surface area contributed by atoms with E-state index in [-0.39, 0.29) is 41.4 Å². The van der Waals surface area contributed by atoms with E-state index in [4.69, 9.17) is 4.52 Å². The van der Waals surface area contributed by atoms with E-state index < -0.39 is 5.82 Å². The molecule has 34 heavy (non-hydrogen) atoms. The molecular formula is C26H29FN4O3. The molecule has 3 aromatic rings. The smallest absolute Gasteiger partial charge is 0.258 e. The van der Waals surface area contributed by atoms with Gasteiger partial charge in [-0.1, -0.05) is 44.1 Å². The molecule has 0 N–H and O–H groups in total. The van der Waals surface area contributed by atoms with Gasteiger partial charge < -0.3 is 14.3 Å². The fourth-order valence-electron chi connectivity index (χ4n) is 4.08. The van der Waals surface area contributed by atoms with Crippen LogP contribution in [0.1, 0.15) is 49.4 Å². The summed E-state index contributed by atoms with van der Waals surface area (Å²) in [5.41, 5.74) is 2.31. The monoisotopic (exact) mass is 464 g/mol. The van der Waals surface area contributed by atoms with Crippen LogP contribution in [0.4, 0.5) is 4.39 Å². The van der Waals surface area contributed by atoms with Gasteiger partial charge in [-0.25, -0.2) is 4.39 Å².